The van der Waals surface area contributed by atoms with Crippen LogP contribution in [0.25, 0.3) is 0 Å². The minimum Gasteiger partial charge on any atom is -0.490 e. The van der Waals surface area contributed by atoms with Gasteiger partial charge in [-0.3, -0.25) is 4.79 Å². The largest absolute Gasteiger partial charge is 0.490 e. The summed E-state index contributed by atoms with van der Waals surface area (Å²) in [4.78, 5) is 26.7. The van der Waals surface area contributed by atoms with Gasteiger partial charge in [-0.05, 0) is 37.5 Å². The molecule has 1 aromatic heterocycles. The summed E-state index contributed by atoms with van der Waals surface area (Å²) in [6.45, 7) is 0.336. The first kappa shape index (κ1) is 16.0. The first-order valence-corrected chi connectivity index (χ1v) is 7.85. The van der Waals surface area contributed by atoms with Gasteiger partial charge < -0.3 is 15.2 Å². The molecule has 0 unspecified atom stereocenters. The highest BCUT2D eigenvalue weighted by Crippen LogP contribution is 2.27. The standard InChI is InChI=1S/C18H18N2O4/c21-17(13-8-9-15(18(22)23)19-11-13)20-10-12-4-1-2-7-16(12)24-14-5-3-6-14/h1-2,4,7-9,11,14H,3,5-6,10H2,(H,20,21)(H,22,23). The van der Waals surface area contributed by atoms with Gasteiger partial charge in [-0.15, -0.1) is 0 Å². The number of aromatic carboxylic acids is 1. The van der Waals surface area contributed by atoms with Crippen LogP contribution in [0.5, 0.6) is 5.75 Å². The van der Waals surface area contributed by atoms with Crippen molar-refractivity contribution < 1.29 is 19.4 Å². The van der Waals surface area contributed by atoms with Crippen molar-refractivity contribution in [2.24, 2.45) is 0 Å². The van der Waals surface area contributed by atoms with Gasteiger partial charge in [-0.1, -0.05) is 18.2 Å². The molecule has 0 saturated heterocycles. The molecule has 1 fully saturated rings. The van der Waals surface area contributed by atoms with Gasteiger partial charge >= 0.3 is 5.97 Å². The van der Waals surface area contributed by atoms with E-state index in [2.05, 4.69) is 10.3 Å². The lowest BCUT2D eigenvalue weighted by atomic mass is 9.96. The average molecular weight is 326 g/mol. The summed E-state index contributed by atoms with van der Waals surface area (Å²) >= 11 is 0. The summed E-state index contributed by atoms with van der Waals surface area (Å²) in [6.07, 6.45) is 4.87. The summed E-state index contributed by atoms with van der Waals surface area (Å²) in [5.41, 5.74) is 1.14. The number of rotatable bonds is 6. The molecule has 1 amide bonds. The SMILES string of the molecule is O=C(NCc1ccccc1OC1CCC1)c1ccc(C(=O)O)nc1. The van der Waals surface area contributed by atoms with Gasteiger partial charge in [0, 0.05) is 18.3 Å². The highest BCUT2D eigenvalue weighted by molar-refractivity contribution is 5.94. The Labute approximate surface area is 139 Å². The van der Waals surface area contributed by atoms with Gasteiger partial charge in [-0.25, -0.2) is 9.78 Å². The van der Waals surface area contributed by atoms with Crippen LogP contribution in [-0.2, 0) is 6.54 Å². The molecule has 2 aromatic rings. The molecule has 124 valence electrons. The number of hydrogen-bond acceptors (Lipinski definition) is 4. The third-order valence-corrected chi connectivity index (χ3v) is 4.00. The summed E-state index contributed by atoms with van der Waals surface area (Å²) in [6, 6.07) is 10.4. The number of carboxylic acid groups (broad SMARTS) is 1. The monoisotopic (exact) mass is 326 g/mol. The molecule has 0 bridgehead atoms. The van der Waals surface area contributed by atoms with Crippen LogP contribution in [0.3, 0.4) is 0 Å². The van der Waals surface area contributed by atoms with Crippen LogP contribution < -0.4 is 10.1 Å². The topological polar surface area (TPSA) is 88.5 Å². The van der Waals surface area contributed by atoms with Crippen LogP contribution in [0.4, 0.5) is 0 Å². The molecule has 24 heavy (non-hydrogen) atoms. The maximum absolute atomic E-state index is 12.2. The maximum Gasteiger partial charge on any atom is 0.354 e. The van der Waals surface area contributed by atoms with Crippen LogP contribution in [0, 0.1) is 0 Å². The number of nitrogens with zero attached hydrogens (tertiary/aromatic N) is 1. The highest BCUT2D eigenvalue weighted by atomic mass is 16.5. The first-order valence-electron chi connectivity index (χ1n) is 7.85. The second-order valence-electron chi connectivity index (χ2n) is 5.70. The van der Waals surface area contributed by atoms with E-state index in [-0.39, 0.29) is 17.7 Å². The van der Waals surface area contributed by atoms with Crippen molar-refractivity contribution in [3.63, 3.8) is 0 Å². The maximum atomic E-state index is 12.2. The Morgan fingerprint density at radius 1 is 1.21 bits per heavy atom. The summed E-state index contributed by atoms with van der Waals surface area (Å²) in [5.74, 6) is -0.635. The minimum absolute atomic E-state index is 0.0919. The fourth-order valence-corrected chi connectivity index (χ4v) is 2.37. The van der Waals surface area contributed by atoms with E-state index in [1.807, 2.05) is 24.3 Å². The Hall–Kier alpha value is -2.89. The Bertz CT molecular complexity index is 739. The van der Waals surface area contributed by atoms with E-state index in [1.54, 1.807) is 0 Å². The molecule has 0 spiro atoms. The van der Waals surface area contributed by atoms with E-state index >= 15 is 0 Å². The van der Waals surface area contributed by atoms with Crippen LogP contribution in [0.1, 0.15) is 45.7 Å². The number of pyridine rings is 1. The average Bonchev–Trinajstić information content (AvgIpc) is 2.57. The molecular formula is C18H18N2O4. The van der Waals surface area contributed by atoms with E-state index in [1.165, 1.54) is 24.8 Å². The highest BCUT2D eigenvalue weighted by Gasteiger charge is 2.20. The fraction of sp³-hybridized carbons (Fsp3) is 0.278. The smallest absolute Gasteiger partial charge is 0.354 e. The van der Waals surface area contributed by atoms with E-state index in [9.17, 15) is 9.59 Å². The van der Waals surface area contributed by atoms with Crippen LogP contribution >= 0.6 is 0 Å². The second kappa shape index (κ2) is 7.12. The summed E-state index contributed by atoms with van der Waals surface area (Å²) < 4.78 is 5.93. The third-order valence-electron chi connectivity index (χ3n) is 4.00. The van der Waals surface area contributed by atoms with Gasteiger partial charge in [0.15, 0.2) is 0 Å². The van der Waals surface area contributed by atoms with Gasteiger partial charge in [0.1, 0.15) is 11.4 Å². The van der Waals surface area contributed by atoms with Crippen LogP contribution in [-0.4, -0.2) is 28.1 Å². The Morgan fingerprint density at radius 2 is 2.00 bits per heavy atom. The molecule has 1 heterocycles. The molecule has 1 saturated carbocycles. The second-order valence-corrected chi connectivity index (χ2v) is 5.70. The lowest BCUT2D eigenvalue weighted by molar-refractivity contribution is 0.0689. The Balaban J connectivity index is 1.62. The number of benzene rings is 1. The zero-order valence-electron chi connectivity index (χ0n) is 13.1. The van der Waals surface area contributed by atoms with Crippen LogP contribution in [0.15, 0.2) is 42.6 Å². The quantitative estimate of drug-likeness (QED) is 0.852. The van der Waals surface area contributed by atoms with Crippen molar-refractivity contribution in [1.82, 2.24) is 10.3 Å². The molecule has 6 heteroatoms. The molecule has 0 atom stereocenters. The van der Waals surface area contributed by atoms with Crippen molar-refractivity contribution in [2.45, 2.75) is 31.9 Å². The fourth-order valence-electron chi connectivity index (χ4n) is 2.37. The Morgan fingerprint density at radius 3 is 2.62 bits per heavy atom. The van der Waals surface area contributed by atoms with E-state index in [0.717, 1.165) is 24.2 Å². The number of aromatic nitrogens is 1. The number of carbonyl (C=O) groups excluding carboxylic acids is 1. The number of amides is 1. The molecule has 1 aliphatic carbocycles. The minimum atomic E-state index is -1.12. The number of carboxylic acids is 1. The molecule has 6 nitrogen and oxygen atoms in total. The number of ether oxygens (including phenoxy) is 1. The van der Waals surface area contributed by atoms with Crippen molar-refractivity contribution in [2.75, 3.05) is 0 Å². The molecule has 1 aliphatic rings. The van der Waals surface area contributed by atoms with Crippen molar-refractivity contribution >= 4 is 11.9 Å². The van der Waals surface area contributed by atoms with Gasteiger partial charge in [0.2, 0.25) is 0 Å². The van der Waals surface area contributed by atoms with E-state index < -0.39 is 5.97 Å². The number of para-hydroxylation sites is 1. The van der Waals surface area contributed by atoms with Gasteiger partial charge in [0.05, 0.1) is 11.7 Å². The molecule has 0 radical (unpaired) electrons. The van der Waals surface area contributed by atoms with Crippen molar-refractivity contribution in [1.29, 1.82) is 0 Å². The molecule has 3 rings (SSSR count). The van der Waals surface area contributed by atoms with Gasteiger partial charge in [-0.2, -0.15) is 0 Å². The molecule has 1 aromatic carbocycles. The lowest BCUT2D eigenvalue weighted by Crippen LogP contribution is -2.26. The molecule has 2 N–H and O–H groups in total. The van der Waals surface area contributed by atoms with Crippen molar-refractivity contribution in [3.05, 3.63) is 59.4 Å². The zero-order chi connectivity index (χ0) is 16.9. The van der Waals surface area contributed by atoms with Crippen LogP contribution in [0.2, 0.25) is 0 Å². The van der Waals surface area contributed by atoms with Crippen molar-refractivity contribution in [3.8, 4) is 5.75 Å². The van der Waals surface area contributed by atoms with E-state index in [4.69, 9.17) is 9.84 Å². The summed E-state index contributed by atoms with van der Waals surface area (Å²) in [7, 11) is 0. The number of hydrogen-bond donors (Lipinski definition) is 2. The number of carbonyl (C=O) groups is 2. The predicted octanol–water partition coefficient (Wildman–Crippen LogP) is 2.64. The summed E-state index contributed by atoms with van der Waals surface area (Å²) in [5, 5.41) is 11.6. The van der Waals surface area contributed by atoms with Gasteiger partial charge in [0.25, 0.3) is 5.91 Å². The lowest BCUT2D eigenvalue weighted by Gasteiger charge is -2.27. The number of nitrogens with one attached hydrogen (secondary N) is 1. The zero-order valence-corrected chi connectivity index (χ0v) is 13.1. The molecule has 0 aliphatic heterocycles. The Kier molecular flexibility index (Phi) is 4.74. The normalized spacial score (nSPS) is 13.8. The molecular weight excluding hydrogens is 308 g/mol. The predicted molar refractivity (Wildman–Crippen MR) is 87.1 cm³/mol. The third kappa shape index (κ3) is 3.71. The van der Waals surface area contributed by atoms with E-state index in [0.29, 0.717) is 12.1 Å². The first-order chi connectivity index (χ1) is 11.6.